The van der Waals surface area contributed by atoms with Crippen molar-refractivity contribution in [2.45, 2.75) is 26.7 Å². The predicted molar refractivity (Wildman–Crippen MR) is 73.6 cm³/mol. The summed E-state index contributed by atoms with van der Waals surface area (Å²) in [6, 6.07) is 6.13. The number of hydrogen-bond donors (Lipinski definition) is 0. The highest BCUT2D eigenvalue weighted by Crippen LogP contribution is 2.31. The molecular formula is C15H14N2O. The fraction of sp³-hybridized carbons (Fsp3) is 0.267. The Morgan fingerprint density at radius 2 is 2.00 bits per heavy atom. The van der Waals surface area contributed by atoms with E-state index < -0.39 is 0 Å². The first-order valence-electron chi connectivity index (χ1n) is 6.07. The maximum Gasteiger partial charge on any atom is 0.181 e. The molecule has 0 aliphatic carbocycles. The van der Waals surface area contributed by atoms with E-state index >= 15 is 0 Å². The van der Waals surface area contributed by atoms with Crippen LogP contribution in [0.2, 0.25) is 0 Å². The van der Waals surface area contributed by atoms with Gasteiger partial charge < -0.3 is 0 Å². The smallest absolute Gasteiger partial charge is 0.181 e. The molecule has 3 heteroatoms. The molecule has 0 spiro atoms. The second-order valence-corrected chi connectivity index (χ2v) is 4.84. The van der Waals surface area contributed by atoms with Crippen molar-refractivity contribution in [2.75, 3.05) is 0 Å². The number of carbonyl (C=O) groups is 1. The maximum absolute atomic E-state index is 11.6. The largest absolute Gasteiger partial charge is 0.292 e. The molecule has 0 saturated carbocycles. The summed E-state index contributed by atoms with van der Waals surface area (Å²) >= 11 is 0. The van der Waals surface area contributed by atoms with Gasteiger partial charge in [0, 0.05) is 24.8 Å². The molecule has 90 valence electrons. The molecule has 0 saturated heterocycles. The average molecular weight is 238 g/mol. The van der Waals surface area contributed by atoms with Crippen LogP contribution in [0.3, 0.4) is 0 Å². The second-order valence-electron chi connectivity index (χ2n) is 4.84. The minimum absolute atomic E-state index is 0.120. The fourth-order valence-corrected chi connectivity index (χ4v) is 2.29. The molecule has 2 aliphatic rings. The molecule has 1 aromatic rings. The number of fused-ring (bicyclic) bond motifs is 1. The number of hydrogen-bond acceptors (Lipinski definition) is 3. The fourth-order valence-electron chi connectivity index (χ4n) is 2.29. The topological polar surface area (TPSA) is 41.8 Å². The minimum Gasteiger partial charge on any atom is -0.292 e. The van der Waals surface area contributed by atoms with Crippen molar-refractivity contribution in [1.29, 1.82) is 0 Å². The Morgan fingerprint density at radius 3 is 2.72 bits per heavy atom. The zero-order valence-electron chi connectivity index (χ0n) is 10.5. The van der Waals surface area contributed by atoms with Gasteiger partial charge in [-0.2, -0.15) is 0 Å². The van der Waals surface area contributed by atoms with Gasteiger partial charge in [0.1, 0.15) is 0 Å². The van der Waals surface area contributed by atoms with Crippen LogP contribution in [0.25, 0.3) is 5.57 Å². The summed E-state index contributed by atoms with van der Waals surface area (Å²) in [5.41, 5.74) is 6.06. The van der Waals surface area contributed by atoms with Gasteiger partial charge >= 0.3 is 0 Å². The predicted octanol–water partition coefficient (Wildman–Crippen LogP) is 3.11. The Kier molecular flexibility index (Phi) is 2.47. The SMILES string of the molecule is CC1=NC=C(c2ccc3c(c2)N=C(C)C(=O)C3)C1. The van der Waals surface area contributed by atoms with E-state index in [1.165, 1.54) is 5.57 Å². The van der Waals surface area contributed by atoms with Crippen molar-refractivity contribution < 1.29 is 4.79 Å². The Morgan fingerprint density at radius 1 is 1.17 bits per heavy atom. The van der Waals surface area contributed by atoms with E-state index in [0.29, 0.717) is 12.1 Å². The highest BCUT2D eigenvalue weighted by molar-refractivity contribution is 6.40. The number of carbonyl (C=O) groups excluding carboxylic acids is 1. The molecule has 0 amide bonds. The summed E-state index contributed by atoms with van der Waals surface area (Å²) in [5.74, 6) is 0.120. The lowest BCUT2D eigenvalue weighted by Gasteiger charge is -2.13. The number of benzene rings is 1. The minimum atomic E-state index is 0.120. The van der Waals surface area contributed by atoms with E-state index in [0.717, 1.165) is 28.9 Å². The molecule has 0 radical (unpaired) electrons. The van der Waals surface area contributed by atoms with Crippen molar-refractivity contribution >= 4 is 28.5 Å². The van der Waals surface area contributed by atoms with Crippen LogP contribution in [0.1, 0.15) is 31.4 Å². The average Bonchev–Trinajstić information content (AvgIpc) is 2.77. The van der Waals surface area contributed by atoms with Gasteiger partial charge in [-0.25, -0.2) is 4.99 Å². The van der Waals surface area contributed by atoms with Crippen LogP contribution in [-0.2, 0) is 11.2 Å². The Bertz CT molecular complexity index is 636. The maximum atomic E-state index is 11.6. The standard InChI is InChI=1S/C15H14N2O/c1-9-5-13(8-16-9)11-3-4-12-7-15(18)10(2)17-14(12)6-11/h3-4,6,8H,5,7H2,1-2H3. The molecule has 1 aromatic carbocycles. The van der Waals surface area contributed by atoms with Crippen LogP contribution in [-0.4, -0.2) is 17.2 Å². The quantitative estimate of drug-likeness (QED) is 0.741. The first kappa shape index (κ1) is 11.1. The van der Waals surface area contributed by atoms with Crippen LogP contribution in [0, 0.1) is 0 Å². The molecular weight excluding hydrogens is 224 g/mol. The first-order chi connectivity index (χ1) is 8.63. The van der Waals surface area contributed by atoms with Gasteiger partial charge in [0.15, 0.2) is 5.78 Å². The number of nitrogens with zero attached hydrogens (tertiary/aromatic N) is 2. The third-order valence-corrected chi connectivity index (χ3v) is 3.39. The number of allylic oxidation sites excluding steroid dienone is 1. The van der Waals surface area contributed by atoms with Crippen molar-refractivity contribution in [1.82, 2.24) is 0 Å². The van der Waals surface area contributed by atoms with E-state index in [2.05, 4.69) is 22.1 Å². The molecule has 18 heavy (non-hydrogen) atoms. The summed E-state index contributed by atoms with van der Waals surface area (Å²) in [7, 11) is 0. The number of Topliss-reactive ketones (excluding diaryl/α,β-unsaturated/α-hetero) is 1. The third kappa shape index (κ3) is 1.82. The molecule has 2 aliphatic heterocycles. The van der Waals surface area contributed by atoms with Gasteiger partial charge in [-0.05, 0) is 36.6 Å². The molecule has 2 heterocycles. The second kappa shape index (κ2) is 4.02. The zero-order chi connectivity index (χ0) is 12.7. The Labute approximate surface area is 106 Å². The molecule has 0 N–H and O–H groups in total. The Balaban J connectivity index is 1.99. The van der Waals surface area contributed by atoms with Crippen LogP contribution in [0.5, 0.6) is 0 Å². The van der Waals surface area contributed by atoms with Crippen molar-refractivity contribution in [3.8, 4) is 0 Å². The van der Waals surface area contributed by atoms with E-state index in [-0.39, 0.29) is 5.78 Å². The summed E-state index contributed by atoms with van der Waals surface area (Å²) < 4.78 is 0. The van der Waals surface area contributed by atoms with Crippen molar-refractivity contribution in [2.24, 2.45) is 9.98 Å². The summed E-state index contributed by atoms with van der Waals surface area (Å²) in [5, 5.41) is 0. The van der Waals surface area contributed by atoms with E-state index in [1.54, 1.807) is 6.92 Å². The van der Waals surface area contributed by atoms with Gasteiger partial charge in [-0.1, -0.05) is 12.1 Å². The lowest BCUT2D eigenvalue weighted by molar-refractivity contribution is -0.112. The monoisotopic (exact) mass is 238 g/mol. The third-order valence-electron chi connectivity index (χ3n) is 3.39. The van der Waals surface area contributed by atoms with E-state index in [4.69, 9.17) is 0 Å². The summed E-state index contributed by atoms with van der Waals surface area (Å²) in [4.78, 5) is 20.3. The number of rotatable bonds is 1. The Hall–Kier alpha value is -2.03. The van der Waals surface area contributed by atoms with Crippen molar-refractivity contribution in [3.05, 3.63) is 35.5 Å². The van der Waals surface area contributed by atoms with Crippen LogP contribution in [0.15, 0.2) is 34.4 Å². The molecule has 3 rings (SSSR count). The lowest BCUT2D eigenvalue weighted by Crippen LogP contribution is -2.16. The van der Waals surface area contributed by atoms with Crippen molar-refractivity contribution in [3.63, 3.8) is 0 Å². The van der Waals surface area contributed by atoms with Gasteiger partial charge in [0.25, 0.3) is 0 Å². The molecule has 0 fully saturated rings. The zero-order valence-corrected chi connectivity index (χ0v) is 10.5. The van der Waals surface area contributed by atoms with E-state index in [1.807, 2.05) is 19.2 Å². The van der Waals surface area contributed by atoms with Crippen LogP contribution in [0.4, 0.5) is 5.69 Å². The van der Waals surface area contributed by atoms with Crippen LogP contribution >= 0.6 is 0 Å². The highest BCUT2D eigenvalue weighted by Gasteiger charge is 2.18. The molecule has 0 atom stereocenters. The lowest BCUT2D eigenvalue weighted by atomic mass is 9.96. The summed E-state index contributed by atoms with van der Waals surface area (Å²) in [6.07, 6.45) is 3.29. The van der Waals surface area contributed by atoms with Crippen LogP contribution < -0.4 is 0 Å². The molecule has 0 unspecified atom stereocenters. The summed E-state index contributed by atoms with van der Waals surface area (Å²) in [6.45, 7) is 3.81. The van der Waals surface area contributed by atoms with Gasteiger partial charge in [0.05, 0.1) is 11.4 Å². The molecule has 0 aromatic heterocycles. The van der Waals surface area contributed by atoms with Gasteiger partial charge in [-0.3, -0.25) is 9.79 Å². The normalized spacial score (nSPS) is 18.1. The van der Waals surface area contributed by atoms with Gasteiger partial charge in [-0.15, -0.1) is 0 Å². The molecule has 3 nitrogen and oxygen atoms in total. The highest BCUT2D eigenvalue weighted by atomic mass is 16.1. The van der Waals surface area contributed by atoms with Gasteiger partial charge in [0.2, 0.25) is 0 Å². The van der Waals surface area contributed by atoms with E-state index in [9.17, 15) is 4.79 Å². The number of aliphatic imine (C=N–C) groups is 2. The first-order valence-corrected chi connectivity index (χ1v) is 6.07. The molecule has 0 bridgehead atoms. The number of ketones is 1.